The molecule has 1 aromatic heterocycles. The van der Waals surface area contributed by atoms with Crippen LogP contribution in [0.4, 0.5) is 5.13 Å². The van der Waals surface area contributed by atoms with Crippen molar-refractivity contribution in [3.05, 3.63) is 5.69 Å². The zero-order valence-electron chi connectivity index (χ0n) is 13.8. The number of amides is 3. The topological polar surface area (TPSA) is 79.4 Å². The molecule has 0 bridgehead atoms. The molecular formula is C16H21N3O3S2. The third-order valence-electron chi connectivity index (χ3n) is 4.68. The fraction of sp³-hybridized carbons (Fsp3) is 0.625. The smallest absolute Gasteiger partial charge is 0.233 e. The van der Waals surface area contributed by atoms with Gasteiger partial charge in [-0.05, 0) is 26.0 Å². The summed E-state index contributed by atoms with van der Waals surface area (Å²) in [6, 6.07) is 0. The van der Waals surface area contributed by atoms with Gasteiger partial charge in [-0.25, -0.2) is 4.98 Å². The molecule has 0 aromatic carbocycles. The Morgan fingerprint density at radius 3 is 2.46 bits per heavy atom. The van der Waals surface area contributed by atoms with Crippen molar-refractivity contribution in [2.24, 2.45) is 11.8 Å². The van der Waals surface area contributed by atoms with E-state index in [1.807, 2.05) is 13.2 Å². The highest BCUT2D eigenvalue weighted by Gasteiger charge is 2.47. The largest absolute Gasteiger partial charge is 0.302 e. The van der Waals surface area contributed by atoms with E-state index in [1.165, 1.54) is 16.2 Å². The predicted molar refractivity (Wildman–Crippen MR) is 94.0 cm³/mol. The lowest BCUT2D eigenvalue weighted by molar-refractivity contribution is -0.140. The van der Waals surface area contributed by atoms with Gasteiger partial charge in [0.15, 0.2) is 5.13 Å². The number of carbonyl (C=O) groups excluding carboxylic acids is 3. The summed E-state index contributed by atoms with van der Waals surface area (Å²) in [5.74, 6) is -0.702. The van der Waals surface area contributed by atoms with Gasteiger partial charge in [0, 0.05) is 13.0 Å². The second-order valence-corrected chi connectivity index (χ2v) is 8.29. The normalized spacial score (nSPS) is 23.5. The minimum atomic E-state index is -0.216. The molecular weight excluding hydrogens is 346 g/mol. The Hall–Kier alpha value is -1.41. The average molecular weight is 367 g/mol. The SMILES string of the molecule is CSc1sc(NC(=O)CCN2C(=O)C3CCCCC3C2=O)nc1C. The molecule has 1 saturated heterocycles. The predicted octanol–water partition coefficient (Wildman–Crippen LogP) is 2.68. The number of likely N-dealkylation sites (tertiary alicyclic amines) is 1. The molecule has 6 nitrogen and oxygen atoms in total. The molecule has 0 radical (unpaired) electrons. The Balaban J connectivity index is 1.56. The zero-order chi connectivity index (χ0) is 17.3. The van der Waals surface area contributed by atoms with Gasteiger partial charge in [0.1, 0.15) is 0 Å². The molecule has 2 aliphatic rings. The van der Waals surface area contributed by atoms with Gasteiger partial charge in [-0.3, -0.25) is 19.3 Å². The van der Waals surface area contributed by atoms with Crippen LogP contribution < -0.4 is 5.32 Å². The maximum atomic E-state index is 12.4. The molecule has 2 heterocycles. The van der Waals surface area contributed by atoms with Crippen LogP contribution in [0.2, 0.25) is 0 Å². The second-order valence-electron chi connectivity index (χ2n) is 6.22. The number of thiazole rings is 1. The summed E-state index contributed by atoms with van der Waals surface area (Å²) in [7, 11) is 0. The molecule has 0 spiro atoms. The Kier molecular flexibility index (Phi) is 5.24. The van der Waals surface area contributed by atoms with E-state index >= 15 is 0 Å². The molecule has 2 atom stereocenters. The number of fused-ring (bicyclic) bond motifs is 1. The first kappa shape index (κ1) is 17.4. The van der Waals surface area contributed by atoms with Crippen molar-refractivity contribution < 1.29 is 14.4 Å². The number of nitrogens with zero attached hydrogens (tertiary/aromatic N) is 2. The molecule has 1 aliphatic carbocycles. The number of nitrogens with one attached hydrogen (secondary N) is 1. The van der Waals surface area contributed by atoms with Crippen molar-refractivity contribution in [2.45, 2.75) is 43.2 Å². The van der Waals surface area contributed by atoms with Crippen LogP contribution in [0.25, 0.3) is 0 Å². The molecule has 1 N–H and O–H groups in total. The summed E-state index contributed by atoms with van der Waals surface area (Å²) in [5.41, 5.74) is 0.900. The summed E-state index contributed by atoms with van der Waals surface area (Å²) in [5, 5.41) is 3.32. The van der Waals surface area contributed by atoms with E-state index in [2.05, 4.69) is 10.3 Å². The van der Waals surface area contributed by atoms with Crippen LogP contribution in [0.15, 0.2) is 4.21 Å². The summed E-state index contributed by atoms with van der Waals surface area (Å²) in [6.45, 7) is 2.07. The number of rotatable bonds is 5. The summed E-state index contributed by atoms with van der Waals surface area (Å²) in [6.07, 6.45) is 5.70. The molecule has 130 valence electrons. The summed E-state index contributed by atoms with van der Waals surface area (Å²) < 4.78 is 1.07. The number of imide groups is 1. The van der Waals surface area contributed by atoms with Gasteiger partial charge in [-0.15, -0.1) is 11.8 Å². The van der Waals surface area contributed by atoms with E-state index in [0.29, 0.717) is 5.13 Å². The van der Waals surface area contributed by atoms with Crippen LogP contribution in [0, 0.1) is 18.8 Å². The highest BCUT2D eigenvalue weighted by atomic mass is 32.2. The van der Waals surface area contributed by atoms with Gasteiger partial charge in [-0.2, -0.15) is 0 Å². The fourth-order valence-corrected chi connectivity index (χ4v) is 5.10. The standard InChI is InChI=1S/C16H21N3O3S2/c1-9-15(23-2)24-16(17-9)18-12(20)7-8-19-13(21)10-5-3-4-6-11(10)14(19)22/h10-11H,3-8H2,1-2H3,(H,17,18,20). The van der Waals surface area contributed by atoms with Crippen LogP contribution in [0.5, 0.6) is 0 Å². The fourth-order valence-electron chi connectivity index (χ4n) is 3.47. The summed E-state index contributed by atoms with van der Waals surface area (Å²) in [4.78, 5) is 42.4. The second kappa shape index (κ2) is 7.23. The van der Waals surface area contributed by atoms with Crippen molar-refractivity contribution in [3.8, 4) is 0 Å². The number of hydrogen-bond acceptors (Lipinski definition) is 6. The third kappa shape index (κ3) is 3.35. The van der Waals surface area contributed by atoms with Crippen LogP contribution >= 0.6 is 23.1 Å². The molecule has 3 amide bonds. The molecule has 1 aromatic rings. The van der Waals surface area contributed by atoms with E-state index in [9.17, 15) is 14.4 Å². The average Bonchev–Trinajstić information content (AvgIpc) is 3.04. The van der Waals surface area contributed by atoms with Crippen molar-refractivity contribution >= 4 is 46.0 Å². The maximum absolute atomic E-state index is 12.4. The lowest BCUT2D eigenvalue weighted by atomic mass is 9.81. The lowest BCUT2D eigenvalue weighted by Gasteiger charge is -2.19. The van der Waals surface area contributed by atoms with Crippen molar-refractivity contribution in [1.29, 1.82) is 0 Å². The van der Waals surface area contributed by atoms with E-state index in [1.54, 1.807) is 11.8 Å². The molecule has 8 heteroatoms. The Labute approximate surface area is 149 Å². The third-order valence-corrected chi connectivity index (χ3v) is 6.96. The number of aromatic nitrogens is 1. The Morgan fingerprint density at radius 1 is 1.29 bits per heavy atom. The van der Waals surface area contributed by atoms with Gasteiger partial charge in [0.2, 0.25) is 17.7 Å². The molecule has 1 saturated carbocycles. The van der Waals surface area contributed by atoms with Gasteiger partial charge >= 0.3 is 0 Å². The Morgan fingerprint density at radius 2 is 1.92 bits per heavy atom. The highest BCUT2D eigenvalue weighted by molar-refractivity contribution is 8.00. The van der Waals surface area contributed by atoms with Gasteiger partial charge < -0.3 is 5.32 Å². The lowest BCUT2D eigenvalue weighted by Crippen LogP contribution is -2.34. The van der Waals surface area contributed by atoms with E-state index in [4.69, 9.17) is 0 Å². The number of thioether (sulfide) groups is 1. The first-order chi connectivity index (χ1) is 11.5. The number of carbonyl (C=O) groups is 3. The number of aryl methyl sites for hydroxylation is 1. The van der Waals surface area contributed by atoms with Gasteiger partial charge in [-0.1, -0.05) is 24.2 Å². The minimum Gasteiger partial charge on any atom is -0.302 e. The van der Waals surface area contributed by atoms with Crippen LogP contribution in [-0.4, -0.2) is 40.4 Å². The molecule has 1 aliphatic heterocycles. The summed E-state index contributed by atoms with van der Waals surface area (Å²) >= 11 is 3.03. The maximum Gasteiger partial charge on any atom is 0.233 e. The van der Waals surface area contributed by atoms with Crippen LogP contribution in [-0.2, 0) is 14.4 Å². The van der Waals surface area contributed by atoms with E-state index in [-0.39, 0.29) is 42.5 Å². The van der Waals surface area contributed by atoms with Gasteiger partial charge in [0.05, 0.1) is 21.7 Å². The zero-order valence-corrected chi connectivity index (χ0v) is 15.5. The van der Waals surface area contributed by atoms with Crippen LogP contribution in [0.3, 0.4) is 0 Å². The number of anilines is 1. The number of hydrogen-bond donors (Lipinski definition) is 1. The Bertz CT molecular complexity index is 650. The van der Waals surface area contributed by atoms with Crippen molar-refractivity contribution in [2.75, 3.05) is 18.1 Å². The molecule has 3 rings (SSSR count). The highest BCUT2D eigenvalue weighted by Crippen LogP contribution is 2.38. The molecule has 24 heavy (non-hydrogen) atoms. The van der Waals surface area contributed by atoms with Crippen LogP contribution in [0.1, 0.15) is 37.8 Å². The van der Waals surface area contributed by atoms with Crippen molar-refractivity contribution in [1.82, 2.24) is 9.88 Å². The molecule has 2 unspecified atom stereocenters. The van der Waals surface area contributed by atoms with E-state index in [0.717, 1.165) is 35.6 Å². The first-order valence-electron chi connectivity index (χ1n) is 8.17. The van der Waals surface area contributed by atoms with E-state index < -0.39 is 0 Å². The molecule has 2 fully saturated rings. The minimum absolute atomic E-state index is 0.0905. The quantitative estimate of drug-likeness (QED) is 0.639. The van der Waals surface area contributed by atoms with Gasteiger partial charge in [0.25, 0.3) is 0 Å². The monoisotopic (exact) mass is 367 g/mol. The van der Waals surface area contributed by atoms with Crippen molar-refractivity contribution in [3.63, 3.8) is 0 Å². The first-order valence-corrected chi connectivity index (χ1v) is 10.2.